The summed E-state index contributed by atoms with van der Waals surface area (Å²) in [6.07, 6.45) is 0.463. The lowest BCUT2D eigenvalue weighted by molar-refractivity contribution is -0.116. The monoisotopic (exact) mass is 433 g/mol. The van der Waals surface area contributed by atoms with E-state index in [0.29, 0.717) is 18.8 Å². The highest BCUT2D eigenvalue weighted by atomic mass is 79.9. The number of benzene rings is 1. The SMILES string of the molecule is CC(=O)N1CC(C)(C)c2nc(NC(=O)CBr)c(Cc3ccc(F)cc3)cc21. The van der Waals surface area contributed by atoms with Crippen LogP contribution in [-0.4, -0.2) is 28.7 Å². The summed E-state index contributed by atoms with van der Waals surface area (Å²) in [6, 6.07) is 8.11. The van der Waals surface area contributed by atoms with E-state index < -0.39 is 0 Å². The number of nitrogens with zero attached hydrogens (tertiary/aromatic N) is 2. The third kappa shape index (κ3) is 4.03. The van der Waals surface area contributed by atoms with Crippen LogP contribution < -0.4 is 10.2 Å². The zero-order chi connectivity index (χ0) is 19.8. The first-order chi connectivity index (χ1) is 12.7. The van der Waals surface area contributed by atoms with Crippen LogP contribution in [0.2, 0.25) is 0 Å². The average molecular weight is 434 g/mol. The predicted octanol–water partition coefficient (Wildman–Crippen LogP) is 3.79. The Bertz CT molecular complexity index is 897. The summed E-state index contributed by atoms with van der Waals surface area (Å²) in [5.74, 6) is -0.0835. The number of halogens is 2. The van der Waals surface area contributed by atoms with Gasteiger partial charge in [-0.1, -0.05) is 41.9 Å². The van der Waals surface area contributed by atoms with Crippen molar-refractivity contribution in [3.63, 3.8) is 0 Å². The molecule has 7 heteroatoms. The topological polar surface area (TPSA) is 62.3 Å². The molecule has 0 spiro atoms. The van der Waals surface area contributed by atoms with E-state index >= 15 is 0 Å². The van der Waals surface area contributed by atoms with Gasteiger partial charge in [0.15, 0.2) is 0 Å². The molecule has 0 saturated heterocycles. The number of alkyl halides is 1. The second-order valence-electron chi connectivity index (χ2n) is 7.34. The molecule has 0 atom stereocenters. The smallest absolute Gasteiger partial charge is 0.236 e. The average Bonchev–Trinajstić information content (AvgIpc) is 2.88. The summed E-state index contributed by atoms with van der Waals surface area (Å²) in [6.45, 7) is 6.12. The summed E-state index contributed by atoms with van der Waals surface area (Å²) in [7, 11) is 0. The number of hydrogen-bond acceptors (Lipinski definition) is 3. The van der Waals surface area contributed by atoms with E-state index in [1.807, 2.05) is 19.9 Å². The molecule has 1 aromatic carbocycles. The number of nitrogens with one attached hydrogen (secondary N) is 1. The van der Waals surface area contributed by atoms with Crippen molar-refractivity contribution < 1.29 is 14.0 Å². The lowest BCUT2D eigenvalue weighted by Crippen LogP contribution is -2.32. The third-order valence-electron chi connectivity index (χ3n) is 4.63. The number of anilines is 2. The first-order valence-electron chi connectivity index (χ1n) is 8.64. The van der Waals surface area contributed by atoms with E-state index in [-0.39, 0.29) is 28.4 Å². The minimum atomic E-state index is -0.316. The Labute approximate surface area is 166 Å². The number of carbonyl (C=O) groups excluding carboxylic acids is 2. The molecule has 1 aliphatic heterocycles. The molecule has 0 fully saturated rings. The molecule has 1 aromatic heterocycles. The Morgan fingerprint density at radius 2 is 1.96 bits per heavy atom. The molecule has 27 heavy (non-hydrogen) atoms. The van der Waals surface area contributed by atoms with Crippen LogP contribution in [0.5, 0.6) is 0 Å². The molecule has 1 aliphatic rings. The van der Waals surface area contributed by atoms with Gasteiger partial charge in [-0.3, -0.25) is 9.59 Å². The van der Waals surface area contributed by atoms with Gasteiger partial charge in [0.2, 0.25) is 11.8 Å². The van der Waals surface area contributed by atoms with Crippen LogP contribution in [0.1, 0.15) is 37.6 Å². The third-order valence-corrected chi connectivity index (χ3v) is 5.14. The minimum absolute atomic E-state index is 0.0476. The molecule has 0 unspecified atom stereocenters. The Morgan fingerprint density at radius 1 is 1.30 bits per heavy atom. The van der Waals surface area contributed by atoms with Crippen molar-refractivity contribution in [1.29, 1.82) is 0 Å². The van der Waals surface area contributed by atoms with Crippen molar-refractivity contribution in [3.05, 3.63) is 53.0 Å². The van der Waals surface area contributed by atoms with Gasteiger partial charge in [-0.05, 0) is 23.8 Å². The Kier molecular flexibility index (Phi) is 5.33. The largest absolute Gasteiger partial charge is 0.310 e. The van der Waals surface area contributed by atoms with Gasteiger partial charge in [0.1, 0.15) is 11.6 Å². The molecule has 2 amide bonds. The normalized spacial score (nSPS) is 14.8. The van der Waals surface area contributed by atoms with Crippen molar-refractivity contribution in [2.24, 2.45) is 0 Å². The van der Waals surface area contributed by atoms with Crippen LogP contribution in [0, 0.1) is 5.82 Å². The van der Waals surface area contributed by atoms with Crippen molar-refractivity contribution in [2.45, 2.75) is 32.6 Å². The Hall–Kier alpha value is -2.28. The Balaban J connectivity index is 2.09. The molecule has 142 valence electrons. The molecule has 0 radical (unpaired) electrons. The fraction of sp³-hybridized carbons (Fsp3) is 0.350. The van der Waals surface area contributed by atoms with E-state index in [0.717, 1.165) is 22.5 Å². The van der Waals surface area contributed by atoms with E-state index in [1.54, 1.807) is 17.0 Å². The zero-order valence-electron chi connectivity index (χ0n) is 15.5. The molecular formula is C20H21BrFN3O2. The van der Waals surface area contributed by atoms with Gasteiger partial charge in [0, 0.05) is 30.9 Å². The fourth-order valence-electron chi connectivity index (χ4n) is 3.31. The van der Waals surface area contributed by atoms with Gasteiger partial charge < -0.3 is 10.2 Å². The molecule has 5 nitrogen and oxygen atoms in total. The van der Waals surface area contributed by atoms with E-state index in [9.17, 15) is 14.0 Å². The summed E-state index contributed by atoms with van der Waals surface area (Å²) in [5.41, 5.74) is 2.90. The van der Waals surface area contributed by atoms with Gasteiger partial charge >= 0.3 is 0 Å². The standard InChI is InChI=1S/C20H21BrFN3O2/c1-12(26)25-11-20(2,3)18-16(25)9-14(19(24-18)23-17(27)10-21)8-13-4-6-15(22)7-5-13/h4-7,9H,8,10-11H2,1-3H3,(H,23,24,27). The lowest BCUT2D eigenvalue weighted by Gasteiger charge is -2.18. The highest BCUT2D eigenvalue weighted by Crippen LogP contribution is 2.41. The van der Waals surface area contributed by atoms with Gasteiger partial charge in [0.25, 0.3) is 0 Å². The maximum absolute atomic E-state index is 13.2. The number of carbonyl (C=O) groups is 2. The predicted molar refractivity (Wildman–Crippen MR) is 107 cm³/mol. The van der Waals surface area contributed by atoms with Crippen molar-refractivity contribution >= 4 is 39.2 Å². The highest BCUT2D eigenvalue weighted by Gasteiger charge is 2.39. The number of hydrogen-bond donors (Lipinski definition) is 1. The first kappa shape index (κ1) is 19.5. The van der Waals surface area contributed by atoms with Crippen LogP contribution in [0.25, 0.3) is 0 Å². The lowest BCUT2D eigenvalue weighted by atomic mass is 9.90. The molecule has 1 N–H and O–H groups in total. The van der Waals surface area contributed by atoms with Gasteiger partial charge in [0.05, 0.1) is 16.7 Å². The molecule has 2 aromatic rings. The number of rotatable bonds is 4. The van der Waals surface area contributed by atoms with Crippen LogP contribution >= 0.6 is 15.9 Å². The summed E-state index contributed by atoms with van der Waals surface area (Å²) in [5, 5.41) is 2.99. The van der Waals surface area contributed by atoms with Gasteiger partial charge in [-0.2, -0.15) is 0 Å². The second-order valence-corrected chi connectivity index (χ2v) is 7.90. The molecule has 3 rings (SSSR count). The maximum Gasteiger partial charge on any atom is 0.236 e. The first-order valence-corrected chi connectivity index (χ1v) is 9.76. The van der Waals surface area contributed by atoms with Gasteiger partial charge in [-0.25, -0.2) is 9.37 Å². The number of aromatic nitrogens is 1. The fourth-order valence-corrected chi connectivity index (χ4v) is 3.45. The van der Waals surface area contributed by atoms with Crippen molar-refractivity contribution in [2.75, 3.05) is 22.1 Å². The van der Waals surface area contributed by atoms with E-state index in [2.05, 4.69) is 21.2 Å². The van der Waals surface area contributed by atoms with Crippen LogP contribution in [0.15, 0.2) is 30.3 Å². The number of pyridine rings is 1. The molecule has 0 saturated carbocycles. The van der Waals surface area contributed by atoms with Gasteiger partial charge in [-0.15, -0.1) is 0 Å². The molecular weight excluding hydrogens is 413 g/mol. The quantitative estimate of drug-likeness (QED) is 0.745. The Morgan fingerprint density at radius 3 is 2.56 bits per heavy atom. The maximum atomic E-state index is 13.2. The minimum Gasteiger partial charge on any atom is -0.310 e. The van der Waals surface area contributed by atoms with Crippen LogP contribution in [0.3, 0.4) is 0 Å². The second kappa shape index (κ2) is 7.38. The van der Waals surface area contributed by atoms with Crippen molar-refractivity contribution in [3.8, 4) is 0 Å². The molecule has 0 bridgehead atoms. The van der Waals surface area contributed by atoms with E-state index in [4.69, 9.17) is 4.98 Å². The number of amides is 2. The zero-order valence-corrected chi connectivity index (χ0v) is 17.1. The highest BCUT2D eigenvalue weighted by molar-refractivity contribution is 9.09. The molecule has 0 aliphatic carbocycles. The summed E-state index contributed by atoms with van der Waals surface area (Å²) in [4.78, 5) is 30.5. The molecule has 2 heterocycles. The van der Waals surface area contributed by atoms with E-state index in [1.165, 1.54) is 19.1 Å². The van der Waals surface area contributed by atoms with Crippen LogP contribution in [-0.2, 0) is 21.4 Å². The summed E-state index contributed by atoms with van der Waals surface area (Å²) >= 11 is 3.15. The number of fused-ring (bicyclic) bond motifs is 1. The summed E-state index contributed by atoms with van der Waals surface area (Å²) < 4.78 is 13.2. The van der Waals surface area contributed by atoms with Crippen LogP contribution in [0.4, 0.5) is 15.9 Å². The van der Waals surface area contributed by atoms with Crippen molar-refractivity contribution in [1.82, 2.24) is 4.98 Å².